The molecule has 0 saturated heterocycles. The van der Waals surface area contributed by atoms with Gasteiger partial charge in [-0.25, -0.2) is 4.79 Å². The molecule has 7 heteroatoms. The minimum absolute atomic E-state index is 0.0270. The van der Waals surface area contributed by atoms with Crippen LogP contribution in [0.25, 0.3) is 0 Å². The molecule has 0 fully saturated rings. The Bertz CT molecular complexity index is 883. The van der Waals surface area contributed by atoms with Gasteiger partial charge in [0.25, 0.3) is 11.8 Å². The van der Waals surface area contributed by atoms with E-state index in [-0.39, 0.29) is 11.3 Å². The Morgan fingerprint density at radius 3 is 2.10 bits per heavy atom. The van der Waals surface area contributed by atoms with Gasteiger partial charge in [0.05, 0.1) is 0 Å². The fourth-order valence-electron chi connectivity index (χ4n) is 2.59. The molecule has 30 heavy (non-hydrogen) atoms. The molecule has 0 aromatic heterocycles. The van der Waals surface area contributed by atoms with Crippen molar-refractivity contribution in [3.8, 4) is 5.75 Å². The first-order valence-corrected chi connectivity index (χ1v) is 9.66. The molecule has 2 amide bonds. The van der Waals surface area contributed by atoms with E-state index in [0.717, 1.165) is 5.56 Å². The third-order valence-corrected chi connectivity index (χ3v) is 4.37. The summed E-state index contributed by atoms with van der Waals surface area (Å²) in [6.07, 6.45) is -0.856. The van der Waals surface area contributed by atoms with Crippen molar-refractivity contribution in [1.82, 2.24) is 5.32 Å². The number of amides is 2. The number of rotatable bonds is 7. The maximum atomic E-state index is 12.1. The van der Waals surface area contributed by atoms with Crippen LogP contribution in [-0.2, 0) is 19.7 Å². The van der Waals surface area contributed by atoms with E-state index in [2.05, 4.69) is 31.4 Å². The van der Waals surface area contributed by atoms with Crippen molar-refractivity contribution in [1.29, 1.82) is 0 Å². The van der Waals surface area contributed by atoms with Crippen molar-refractivity contribution in [2.24, 2.45) is 0 Å². The monoisotopic (exact) mass is 412 g/mol. The number of anilines is 1. The molecule has 0 spiro atoms. The molecule has 160 valence electrons. The topological polar surface area (TPSA) is 93.7 Å². The van der Waals surface area contributed by atoms with E-state index in [1.165, 1.54) is 7.05 Å². The molecule has 7 nitrogen and oxygen atoms in total. The maximum Gasteiger partial charge on any atom is 0.347 e. The van der Waals surface area contributed by atoms with Gasteiger partial charge in [-0.2, -0.15) is 0 Å². The molecule has 0 saturated carbocycles. The normalized spacial score (nSPS) is 11.9. The van der Waals surface area contributed by atoms with Crippen molar-refractivity contribution >= 4 is 23.5 Å². The van der Waals surface area contributed by atoms with Crippen LogP contribution < -0.4 is 15.4 Å². The highest BCUT2D eigenvalue weighted by Crippen LogP contribution is 2.24. The predicted molar refractivity (Wildman–Crippen MR) is 115 cm³/mol. The van der Waals surface area contributed by atoms with Gasteiger partial charge in [-0.1, -0.05) is 32.9 Å². The third-order valence-electron chi connectivity index (χ3n) is 4.37. The lowest BCUT2D eigenvalue weighted by Gasteiger charge is -2.20. The van der Waals surface area contributed by atoms with Crippen LogP contribution in [0.15, 0.2) is 48.5 Å². The van der Waals surface area contributed by atoms with Gasteiger partial charge in [0, 0.05) is 18.3 Å². The molecular weight excluding hydrogens is 384 g/mol. The Labute approximate surface area is 176 Å². The zero-order chi connectivity index (χ0) is 22.3. The first kappa shape index (κ1) is 22.9. The Kier molecular flexibility index (Phi) is 7.58. The van der Waals surface area contributed by atoms with Crippen LogP contribution in [0.1, 0.15) is 43.6 Å². The quantitative estimate of drug-likeness (QED) is 0.681. The van der Waals surface area contributed by atoms with E-state index >= 15 is 0 Å². The number of carbonyl (C=O) groups excluding carboxylic acids is 3. The van der Waals surface area contributed by atoms with Gasteiger partial charge in [-0.15, -0.1) is 0 Å². The first-order chi connectivity index (χ1) is 14.1. The lowest BCUT2D eigenvalue weighted by atomic mass is 9.87. The molecule has 0 aliphatic rings. The van der Waals surface area contributed by atoms with Crippen molar-refractivity contribution in [2.45, 2.75) is 39.2 Å². The van der Waals surface area contributed by atoms with Gasteiger partial charge in [0.2, 0.25) is 0 Å². The lowest BCUT2D eigenvalue weighted by Crippen LogP contribution is -2.29. The summed E-state index contributed by atoms with van der Waals surface area (Å²) in [5.74, 6) is -0.797. The van der Waals surface area contributed by atoms with Crippen LogP contribution in [0.2, 0.25) is 0 Å². The molecular formula is C23H28N2O5. The fourth-order valence-corrected chi connectivity index (χ4v) is 2.59. The van der Waals surface area contributed by atoms with Crippen molar-refractivity contribution in [3.63, 3.8) is 0 Å². The second-order valence-electron chi connectivity index (χ2n) is 7.85. The zero-order valence-corrected chi connectivity index (χ0v) is 17.9. The zero-order valence-electron chi connectivity index (χ0n) is 17.9. The van der Waals surface area contributed by atoms with Crippen molar-refractivity contribution in [3.05, 3.63) is 59.7 Å². The van der Waals surface area contributed by atoms with Crippen LogP contribution in [0.5, 0.6) is 5.75 Å². The summed E-state index contributed by atoms with van der Waals surface area (Å²) >= 11 is 0. The second-order valence-corrected chi connectivity index (χ2v) is 7.85. The second kappa shape index (κ2) is 9.91. The van der Waals surface area contributed by atoms with Crippen LogP contribution in [0, 0.1) is 0 Å². The van der Waals surface area contributed by atoms with E-state index in [1.807, 2.05) is 12.1 Å². The van der Waals surface area contributed by atoms with Gasteiger partial charge < -0.3 is 20.1 Å². The number of nitrogens with one attached hydrogen (secondary N) is 2. The molecule has 1 atom stereocenters. The van der Waals surface area contributed by atoms with Crippen LogP contribution in [-0.4, -0.2) is 37.5 Å². The SMILES string of the molecule is CNC(=O)c1ccc(NC(=O)COC(=O)[C@H](C)Oc2ccc(C(C)(C)C)cc2)cc1. The van der Waals surface area contributed by atoms with Gasteiger partial charge in [0.1, 0.15) is 5.75 Å². The highest BCUT2D eigenvalue weighted by atomic mass is 16.6. The number of esters is 1. The van der Waals surface area contributed by atoms with Gasteiger partial charge >= 0.3 is 5.97 Å². The Morgan fingerprint density at radius 1 is 0.967 bits per heavy atom. The summed E-state index contributed by atoms with van der Waals surface area (Å²) in [4.78, 5) is 35.6. The Hall–Kier alpha value is -3.35. The third kappa shape index (κ3) is 6.62. The van der Waals surface area contributed by atoms with Crippen LogP contribution >= 0.6 is 0 Å². The van der Waals surface area contributed by atoms with Gasteiger partial charge in [0.15, 0.2) is 12.7 Å². The van der Waals surface area contributed by atoms with E-state index in [4.69, 9.17) is 9.47 Å². The average Bonchev–Trinajstić information content (AvgIpc) is 2.71. The summed E-state index contributed by atoms with van der Waals surface area (Å²) in [6, 6.07) is 13.9. The molecule has 2 rings (SSSR count). The molecule has 0 radical (unpaired) electrons. The minimum Gasteiger partial charge on any atom is -0.479 e. The molecule has 2 aromatic carbocycles. The number of hydrogen-bond donors (Lipinski definition) is 2. The van der Waals surface area contributed by atoms with E-state index < -0.39 is 24.6 Å². The molecule has 2 aromatic rings. The van der Waals surface area contributed by atoms with Crippen molar-refractivity contribution in [2.75, 3.05) is 19.0 Å². The molecule has 0 heterocycles. The lowest BCUT2D eigenvalue weighted by molar-refractivity contribution is -0.153. The Morgan fingerprint density at radius 2 is 1.57 bits per heavy atom. The summed E-state index contributed by atoms with van der Waals surface area (Å²) in [7, 11) is 1.54. The summed E-state index contributed by atoms with van der Waals surface area (Å²) in [5.41, 5.74) is 2.15. The fraction of sp³-hybridized carbons (Fsp3) is 0.348. The first-order valence-electron chi connectivity index (χ1n) is 9.66. The van der Waals surface area contributed by atoms with Crippen LogP contribution in [0.3, 0.4) is 0 Å². The standard InChI is InChI=1S/C23H28N2O5/c1-15(30-19-12-8-17(9-13-19)23(2,3)4)22(28)29-14-20(26)25-18-10-6-16(7-11-18)21(27)24-5/h6-13,15H,14H2,1-5H3,(H,24,27)(H,25,26)/t15-/m0/s1. The van der Waals surface area contributed by atoms with E-state index in [0.29, 0.717) is 17.0 Å². The average molecular weight is 412 g/mol. The predicted octanol–water partition coefficient (Wildman–Crippen LogP) is 3.29. The molecule has 2 N–H and O–H groups in total. The van der Waals surface area contributed by atoms with Crippen LogP contribution in [0.4, 0.5) is 5.69 Å². The smallest absolute Gasteiger partial charge is 0.347 e. The summed E-state index contributed by atoms with van der Waals surface area (Å²) in [6.45, 7) is 7.47. The van der Waals surface area contributed by atoms with Crippen molar-refractivity contribution < 1.29 is 23.9 Å². The maximum absolute atomic E-state index is 12.1. The largest absolute Gasteiger partial charge is 0.479 e. The van der Waals surface area contributed by atoms with Gasteiger partial charge in [-0.05, 0) is 54.3 Å². The number of hydrogen-bond acceptors (Lipinski definition) is 5. The highest BCUT2D eigenvalue weighted by molar-refractivity contribution is 5.96. The summed E-state index contributed by atoms with van der Waals surface area (Å²) in [5, 5.41) is 5.12. The van der Waals surface area contributed by atoms with E-state index in [1.54, 1.807) is 43.3 Å². The molecule has 0 aliphatic carbocycles. The highest BCUT2D eigenvalue weighted by Gasteiger charge is 2.19. The Balaban J connectivity index is 1.81. The molecule has 0 unspecified atom stereocenters. The number of ether oxygens (including phenoxy) is 2. The van der Waals surface area contributed by atoms with E-state index in [9.17, 15) is 14.4 Å². The summed E-state index contributed by atoms with van der Waals surface area (Å²) < 4.78 is 10.6. The van der Waals surface area contributed by atoms with Gasteiger partial charge in [-0.3, -0.25) is 9.59 Å². The molecule has 0 bridgehead atoms. The number of carbonyl (C=O) groups is 3. The molecule has 0 aliphatic heterocycles. The minimum atomic E-state index is -0.856. The number of benzene rings is 2.